The average molecular weight is 295 g/mol. The van der Waals surface area contributed by atoms with E-state index >= 15 is 0 Å². The lowest BCUT2D eigenvalue weighted by Crippen LogP contribution is -2.26. The lowest BCUT2D eigenvalue weighted by molar-refractivity contribution is -0.137. The molecule has 19 heavy (non-hydrogen) atoms. The number of hydrogen-bond donors (Lipinski definition) is 1. The van der Waals surface area contributed by atoms with Gasteiger partial charge in [-0.05, 0) is 25.5 Å². The smallest absolute Gasteiger partial charge is 0.381 e. The van der Waals surface area contributed by atoms with Crippen molar-refractivity contribution in [3.63, 3.8) is 0 Å². The third-order valence-electron chi connectivity index (χ3n) is 3.17. The first-order valence-corrected chi connectivity index (χ1v) is 6.33. The van der Waals surface area contributed by atoms with E-state index in [1.165, 1.54) is 0 Å². The minimum atomic E-state index is -4.43. The van der Waals surface area contributed by atoms with Crippen LogP contribution in [0.4, 0.5) is 19.0 Å². The van der Waals surface area contributed by atoms with Gasteiger partial charge in [0.1, 0.15) is 11.0 Å². The summed E-state index contributed by atoms with van der Waals surface area (Å²) in [5, 5.41) is 2.79. The largest absolute Gasteiger partial charge is 0.416 e. The molecule has 0 spiro atoms. The summed E-state index contributed by atoms with van der Waals surface area (Å²) in [4.78, 5) is 3.87. The number of halogens is 4. The number of rotatable bonds is 3. The van der Waals surface area contributed by atoms with Crippen molar-refractivity contribution in [1.82, 2.24) is 4.98 Å². The quantitative estimate of drug-likeness (QED) is 0.865. The Labute approximate surface area is 114 Å². The summed E-state index contributed by atoms with van der Waals surface area (Å²) >= 11 is 5.62. The second kappa shape index (κ2) is 5.54. The van der Waals surface area contributed by atoms with Crippen LogP contribution in [0.15, 0.2) is 12.1 Å². The summed E-state index contributed by atoms with van der Waals surface area (Å²) in [6.07, 6.45) is -3.54. The van der Waals surface area contributed by atoms with Crippen molar-refractivity contribution in [3.8, 4) is 0 Å². The van der Waals surface area contributed by atoms with Crippen molar-refractivity contribution < 1.29 is 17.9 Å². The molecule has 7 heteroatoms. The lowest BCUT2D eigenvalue weighted by atomic mass is 10.0. The number of nitrogens with one attached hydrogen (secondary N) is 1. The molecule has 1 aliphatic rings. The van der Waals surface area contributed by atoms with Gasteiger partial charge in [-0.15, -0.1) is 0 Å². The van der Waals surface area contributed by atoms with Gasteiger partial charge in [-0.25, -0.2) is 4.98 Å². The molecule has 1 saturated heterocycles. The van der Waals surface area contributed by atoms with Gasteiger partial charge in [0.15, 0.2) is 0 Å². The van der Waals surface area contributed by atoms with Crippen LogP contribution in [0.5, 0.6) is 0 Å². The van der Waals surface area contributed by atoms with E-state index in [1.54, 1.807) is 0 Å². The van der Waals surface area contributed by atoms with Gasteiger partial charge < -0.3 is 10.1 Å². The highest BCUT2D eigenvalue weighted by Gasteiger charge is 2.32. The molecule has 3 nitrogen and oxygen atoms in total. The highest BCUT2D eigenvalue weighted by molar-refractivity contribution is 6.29. The fourth-order valence-electron chi connectivity index (χ4n) is 2.03. The summed E-state index contributed by atoms with van der Waals surface area (Å²) in [6, 6.07) is 1.77. The van der Waals surface area contributed by atoms with E-state index in [9.17, 15) is 13.2 Å². The van der Waals surface area contributed by atoms with Crippen LogP contribution in [0, 0.1) is 5.92 Å². The molecule has 0 aromatic carbocycles. The van der Waals surface area contributed by atoms with Gasteiger partial charge in [-0.3, -0.25) is 0 Å². The maximum atomic E-state index is 12.7. The van der Waals surface area contributed by atoms with Crippen LogP contribution in [-0.4, -0.2) is 24.2 Å². The molecule has 1 aliphatic heterocycles. The Hall–Kier alpha value is -1.01. The summed E-state index contributed by atoms with van der Waals surface area (Å²) in [6.45, 7) is 3.20. The Bertz CT molecular complexity index is 447. The fourth-order valence-corrected chi connectivity index (χ4v) is 2.24. The van der Waals surface area contributed by atoms with Crippen molar-refractivity contribution in [3.05, 3.63) is 22.8 Å². The molecular weight excluding hydrogens is 281 g/mol. The zero-order valence-electron chi connectivity index (χ0n) is 10.3. The molecule has 0 aliphatic carbocycles. The molecule has 1 aromatic rings. The topological polar surface area (TPSA) is 34.2 Å². The maximum absolute atomic E-state index is 12.7. The van der Waals surface area contributed by atoms with Crippen molar-refractivity contribution in [2.75, 3.05) is 18.5 Å². The number of pyridine rings is 1. The first kappa shape index (κ1) is 14.4. The highest BCUT2D eigenvalue weighted by Crippen LogP contribution is 2.32. The number of nitrogens with zero attached hydrogens (tertiary/aromatic N) is 1. The van der Waals surface area contributed by atoms with E-state index < -0.39 is 11.7 Å². The van der Waals surface area contributed by atoms with Crippen LogP contribution in [0.25, 0.3) is 0 Å². The summed E-state index contributed by atoms with van der Waals surface area (Å²) in [5.41, 5.74) is -0.801. The Morgan fingerprint density at radius 1 is 1.47 bits per heavy atom. The number of ether oxygens (including phenoxy) is 1. The Balaban J connectivity index is 2.13. The van der Waals surface area contributed by atoms with E-state index in [4.69, 9.17) is 16.3 Å². The first-order chi connectivity index (χ1) is 8.86. The predicted molar refractivity (Wildman–Crippen MR) is 66.3 cm³/mol. The zero-order chi connectivity index (χ0) is 14.0. The molecule has 2 rings (SSSR count). The van der Waals surface area contributed by atoms with Crippen LogP contribution in [-0.2, 0) is 10.9 Å². The normalized spacial score (nSPS) is 21.4. The third-order valence-corrected chi connectivity index (χ3v) is 3.36. The molecule has 1 aromatic heterocycles. The average Bonchev–Trinajstić information content (AvgIpc) is 2.80. The second-order valence-electron chi connectivity index (χ2n) is 4.62. The summed E-state index contributed by atoms with van der Waals surface area (Å²) in [5.74, 6) is 0.411. The highest BCUT2D eigenvalue weighted by atomic mass is 35.5. The van der Waals surface area contributed by atoms with Gasteiger partial charge in [0.25, 0.3) is 0 Å². The van der Waals surface area contributed by atoms with E-state index in [2.05, 4.69) is 10.3 Å². The van der Waals surface area contributed by atoms with Gasteiger partial charge in [0.05, 0.1) is 12.2 Å². The standard InChI is InChI=1S/C12H14ClF3N2O/c1-7(8-2-3-19-6-8)17-11-5-9(12(14,15)16)4-10(13)18-11/h4-5,7-8H,2-3,6H2,1H3,(H,17,18). The number of hydrogen-bond acceptors (Lipinski definition) is 3. The molecular formula is C12H14ClF3N2O. The molecule has 0 radical (unpaired) electrons. The van der Waals surface area contributed by atoms with Crippen molar-refractivity contribution in [1.29, 1.82) is 0 Å². The van der Waals surface area contributed by atoms with Gasteiger partial charge in [0.2, 0.25) is 0 Å². The Morgan fingerprint density at radius 2 is 2.21 bits per heavy atom. The molecule has 2 heterocycles. The van der Waals surface area contributed by atoms with Gasteiger partial charge >= 0.3 is 6.18 Å². The monoisotopic (exact) mass is 294 g/mol. The van der Waals surface area contributed by atoms with E-state index in [1.807, 2.05) is 6.92 Å². The lowest BCUT2D eigenvalue weighted by Gasteiger charge is -2.20. The number of anilines is 1. The van der Waals surface area contributed by atoms with Crippen molar-refractivity contribution >= 4 is 17.4 Å². The molecule has 0 saturated carbocycles. The van der Waals surface area contributed by atoms with E-state index in [0.29, 0.717) is 13.2 Å². The molecule has 2 atom stereocenters. The van der Waals surface area contributed by atoms with Crippen LogP contribution < -0.4 is 5.32 Å². The van der Waals surface area contributed by atoms with Crippen LogP contribution >= 0.6 is 11.6 Å². The van der Waals surface area contributed by atoms with Crippen molar-refractivity contribution in [2.24, 2.45) is 5.92 Å². The Kier molecular flexibility index (Phi) is 4.20. The molecule has 0 amide bonds. The van der Waals surface area contributed by atoms with Crippen LogP contribution in [0.1, 0.15) is 18.9 Å². The van der Waals surface area contributed by atoms with Crippen LogP contribution in [0.3, 0.4) is 0 Å². The minimum Gasteiger partial charge on any atom is -0.381 e. The third kappa shape index (κ3) is 3.73. The van der Waals surface area contributed by atoms with Gasteiger partial charge in [-0.2, -0.15) is 13.2 Å². The molecule has 1 fully saturated rings. The SMILES string of the molecule is CC(Nc1cc(C(F)(F)F)cc(Cl)n1)C1CCOC1. The fraction of sp³-hybridized carbons (Fsp3) is 0.583. The van der Waals surface area contributed by atoms with E-state index in [-0.39, 0.29) is 22.9 Å². The first-order valence-electron chi connectivity index (χ1n) is 5.95. The Morgan fingerprint density at radius 3 is 2.79 bits per heavy atom. The number of aromatic nitrogens is 1. The number of alkyl halides is 3. The molecule has 2 unspecified atom stereocenters. The van der Waals surface area contributed by atoms with Gasteiger partial charge in [-0.1, -0.05) is 11.6 Å². The summed E-state index contributed by atoms with van der Waals surface area (Å²) < 4.78 is 43.2. The molecule has 106 valence electrons. The van der Waals surface area contributed by atoms with Crippen LogP contribution in [0.2, 0.25) is 5.15 Å². The molecule has 0 bridgehead atoms. The molecule has 1 N–H and O–H groups in total. The maximum Gasteiger partial charge on any atom is 0.416 e. The van der Waals surface area contributed by atoms with Crippen molar-refractivity contribution in [2.45, 2.75) is 25.6 Å². The zero-order valence-corrected chi connectivity index (χ0v) is 11.1. The predicted octanol–water partition coefficient (Wildman–Crippen LogP) is 3.59. The second-order valence-corrected chi connectivity index (χ2v) is 5.01. The summed E-state index contributed by atoms with van der Waals surface area (Å²) in [7, 11) is 0. The minimum absolute atomic E-state index is 0.0189. The van der Waals surface area contributed by atoms with E-state index in [0.717, 1.165) is 18.6 Å². The van der Waals surface area contributed by atoms with Gasteiger partial charge in [0, 0.05) is 18.6 Å².